The van der Waals surface area contributed by atoms with Gasteiger partial charge in [0.2, 0.25) is 0 Å². The van der Waals surface area contributed by atoms with Gasteiger partial charge < -0.3 is 4.18 Å². The maximum Gasteiger partial charge on any atom is 0.519 e. The van der Waals surface area contributed by atoms with Gasteiger partial charge in [-0.25, -0.2) is 0 Å². The third kappa shape index (κ3) is 4.00. The minimum atomic E-state index is -6.65. The molecule has 0 N–H and O–H groups in total. The molecule has 1 aromatic rings. The van der Waals surface area contributed by atoms with Gasteiger partial charge in [0.15, 0.2) is 0 Å². The zero-order valence-corrected chi connectivity index (χ0v) is 11.2. The molecule has 0 spiro atoms. The quantitative estimate of drug-likeness (QED) is 0.780. The van der Waals surface area contributed by atoms with E-state index >= 15 is 0 Å². The minimum absolute atomic E-state index is 0.763. The lowest BCUT2D eigenvalue weighted by Gasteiger charge is -2.14. The first-order valence-corrected chi connectivity index (χ1v) is 7.57. The Bertz CT molecular complexity index is 715. The van der Waals surface area contributed by atoms with Crippen molar-refractivity contribution in [3.05, 3.63) is 30.3 Å². The lowest BCUT2D eigenvalue weighted by atomic mass is 10.3. The molecule has 120 valence electrons. The Hall–Kier alpha value is -1.50. The molecule has 1 aromatic carbocycles. The predicted octanol–water partition coefficient (Wildman–Crippen LogP) is 2.82. The first-order chi connectivity index (χ1) is 9.29. The molecule has 0 amide bonds. The average Bonchev–Trinajstić information content (AvgIpc) is 2.26. The fourth-order valence-corrected chi connectivity index (χ4v) is 3.18. The number of sulfonamides is 1. The number of hydrogen-bond donors (Lipinski definition) is 0. The Morgan fingerprint density at radius 3 is 1.71 bits per heavy atom. The summed E-state index contributed by atoms with van der Waals surface area (Å²) in [5, 5.41) is 0. The Labute approximate surface area is 115 Å². The van der Waals surface area contributed by atoms with Crippen LogP contribution in [0.5, 0.6) is 5.75 Å². The van der Waals surface area contributed by atoms with Gasteiger partial charge in [0.05, 0.1) is 0 Å². The Balaban J connectivity index is 3.48. The van der Waals surface area contributed by atoms with Crippen LogP contribution < -0.4 is 4.18 Å². The largest absolute Gasteiger partial charge is 0.519 e. The van der Waals surface area contributed by atoms with Gasteiger partial charge in [-0.05, 0) is 12.1 Å². The molecule has 1 atom stereocenters. The van der Waals surface area contributed by atoms with E-state index in [4.69, 9.17) is 0 Å². The normalized spacial score (nSPS) is 16.1. The highest BCUT2D eigenvalue weighted by molar-refractivity contribution is 8.01. The van der Waals surface area contributed by atoms with Crippen molar-refractivity contribution in [3.63, 3.8) is 0 Å². The second kappa shape index (κ2) is 5.36. The van der Waals surface area contributed by atoms with Crippen LogP contribution in [-0.2, 0) is 20.0 Å². The number of halogens is 6. The second-order valence-electron chi connectivity index (χ2n) is 3.31. The molecular weight excluding hydrogens is 352 g/mol. The van der Waals surface area contributed by atoms with Crippen LogP contribution in [0.15, 0.2) is 34.1 Å². The number of nitrogens with zero attached hydrogens (tertiary/aromatic N) is 1. The molecule has 0 heterocycles. The molecule has 13 heteroatoms. The van der Waals surface area contributed by atoms with Crippen LogP contribution in [-0.4, -0.2) is 23.6 Å². The summed E-state index contributed by atoms with van der Waals surface area (Å²) in [6, 6.07) is 5.25. The molecule has 1 unspecified atom stereocenters. The third-order valence-electron chi connectivity index (χ3n) is 1.73. The van der Waals surface area contributed by atoms with Gasteiger partial charge in [0, 0.05) is 0 Å². The minimum Gasteiger partial charge on any atom is -0.389 e. The summed E-state index contributed by atoms with van der Waals surface area (Å²) in [5.41, 5.74) is -12.1. The Kier molecular flexibility index (Phi) is 4.48. The van der Waals surface area contributed by atoms with E-state index in [1.807, 2.05) is 0 Å². The zero-order valence-electron chi connectivity index (χ0n) is 9.55. The molecule has 0 aromatic heterocycles. The van der Waals surface area contributed by atoms with Crippen molar-refractivity contribution >= 4 is 20.0 Å². The van der Waals surface area contributed by atoms with E-state index in [0.29, 0.717) is 0 Å². The summed E-state index contributed by atoms with van der Waals surface area (Å²) in [5.74, 6) is -0.763. The molecule has 0 aliphatic carbocycles. The molecule has 0 aliphatic heterocycles. The maximum atomic E-state index is 12.6. The topological polar surface area (TPSA) is 72.8 Å². The van der Waals surface area contributed by atoms with Gasteiger partial charge >= 0.3 is 31.0 Å². The maximum absolute atomic E-state index is 12.6. The lowest BCUT2D eigenvalue weighted by Crippen LogP contribution is -2.32. The van der Waals surface area contributed by atoms with Gasteiger partial charge in [0.1, 0.15) is 5.75 Å². The van der Waals surface area contributed by atoms with Gasteiger partial charge in [0.25, 0.3) is 0 Å². The molecule has 21 heavy (non-hydrogen) atoms. The summed E-state index contributed by atoms with van der Waals surface area (Å²) in [6.07, 6.45) is 0. The van der Waals surface area contributed by atoms with Crippen molar-refractivity contribution in [2.24, 2.45) is 3.77 Å². The molecule has 0 saturated heterocycles. The van der Waals surface area contributed by atoms with Gasteiger partial charge in [-0.15, -0.1) is 0 Å². The summed E-state index contributed by atoms with van der Waals surface area (Å²) in [6.45, 7) is 0. The van der Waals surface area contributed by atoms with E-state index in [1.54, 1.807) is 0 Å². The molecule has 0 aliphatic rings. The van der Waals surface area contributed by atoms with Gasteiger partial charge in [-0.3, -0.25) is 0 Å². The van der Waals surface area contributed by atoms with Crippen LogP contribution in [0.1, 0.15) is 0 Å². The summed E-state index contributed by atoms with van der Waals surface area (Å²) in [7, 11) is -12.8. The highest BCUT2D eigenvalue weighted by Gasteiger charge is 2.53. The van der Waals surface area contributed by atoms with E-state index in [1.165, 1.54) is 9.83 Å². The van der Waals surface area contributed by atoms with Crippen LogP contribution in [0.3, 0.4) is 0 Å². The predicted molar refractivity (Wildman–Crippen MR) is 58.7 cm³/mol. The lowest BCUT2D eigenvalue weighted by molar-refractivity contribution is -0.0470. The smallest absolute Gasteiger partial charge is 0.389 e. The highest BCUT2D eigenvalue weighted by Crippen LogP contribution is 2.33. The summed E-state index contributed by atoms with van der Waals surface area (Å²) < 4.78 is 112. The molecule has 0 bridgehead atoms. The average molecular weight is 357 g/mol. The number of benzene rings is 1. The fraction of sp³-hybridized carbons (Fsp3) is 0.250. The molecule has 0 radical (unpaired) electrons. The summed E-state index contributed by atoms with van der Waals surface area (Å²) >= 11 is 0. The summed E-state index contributed by atoms with van der Waals surface area (Å²) in [4.78, 5) is 0. The number of para-hydroxylation sites is 1. The molecule has 0 fully saturated rings. The fourth-order valence-electron chi connectivity index (χ4n) is 0.883. The van der Waals surface area contributed by atoms with Crippen LogP contribution in [0.2, 0.25) is 0 Å². The number of rotatable bonds is 3. The first kappa shape index (κ1) is 17.6. The zero-order chi connectivity index (χ0) is 16.5. The Morgan fingerprint density at radius 2 is 1.33 bits per heavy atom. The third-order valence-corrected chi connectivity index (χ3v) is 4.89. The van der Waals surface area contributed by atoms with Gasteiger partial charge in [-0.1, -0.05) is 22.0 Å². The highest BCUT2D eigenvalue weighted by atomic mass is 32.3. The number of alkyl halides is 6. The van der Waals surface area contributed by atoms with Crippen molar-refractivity contribution in [1.82, 2.24) is 0 Å². The molecule has 1 rings (SSSR count). The van der Waals surface area contributed by atoms with E-state index in [9.17, 15) is 39.0 Å². The van der Waals surface area contributed by atoms with E-state index in [-0.39, 0.29) is 0 Å². The van der Waals surface area contributed by atoms with Crippen LogP contribution in [0.25, 0.3) is 0 Å². The first-order valence-electron chi connectivity index (χ1n) is 4.69. The van der Waals surface area contributed by atoms with Crippen LogP contribution in [0.4, 0.5) is 26.3 Å². The van der Waals surface area contributed by atoms with E-state index in [2.05, 4.69) is 4.18 Å². The van der Waals surface area contributed by atoms with Crippen molar-refractivity contribution in [2.45, 2.75) is 11.0 Å². The molecule has 0 saturated carbocycles. The van der Waals surface area contributed by atoms with E-state index in [0.717, 1.165) is 24.3 Å². The van der Waals surface area contributed by atoms with Crippen molar-refractivity contribution in [3.8, 4) is 5.75 Å². The Morgan fingerprint density at radius 1 is 0.857 bits per heavy atom. The SMILES string of the molecule is O=S(=O)(N=S(=O)(Oc1ccccc1)C(F)(F)F)C(F)(F)F. The van der Waals surface area contributed by atoms with Crippen LogP contribution >= 0.6 is 0 Å². The van der Waals surface area contributed by atoms with Crippen LogP contribution in [0, 0.1) is 0 Å². The van der Waals surface area contributed by atoms with Crippen molar-refractivity contribution in [1.29, 1.82) is 0 Å². The number of hydrogen-bond acceptors (Lipinski definition) is 4. The monoisotopic (exact) mass is 357 g/mol. The van der Waals surface area contributed by atoms with Crippen molar-refractivity contribution < 1.29 is 43.2 Å². The second-order valence-corrected chi connectivity index (χ2v) is 6.90. The molecular formula is C8H5F6NO4S2. The standard InChI is InChI=1S/C8H5F6NO4S2/c9-7(10,11)20(16,17)15-21(18,8(12,13)14)19-6-4-2-1-3-5-6/h1-5H. The van der Waals surface area contributed by atoms with Crippen molar-refractivity contribution in [2.75, 3.05) is 0 Å². The van der Waals surface area contributed by atoms with E-state index < -0.39 is 36.8 Å². The van der Waals surface area contributed by atoms with Gasteiger partial charge in [-0.2, -0.15) is 39.0 Å². The molecule has 5 nitrogen and oxygen atoms in total.